The Morgan fingerprint density at radius 2 is 1.84 bits per heavy atom. The van der Waals surface area contributed by atoms with E-state index in [0.717, 1.165) is 0 Å². The van der Waals surface area contributed by atoms with E-state index in [0.29, 0.717) is 12.5 Å². The first kappa shape index (κ1) is 15.5. The van der Waals surface area contributed by atoms with Crippen LogP contribution in [0.3, 0.4) is 0 Å². The van der Waals surface area contributed by atoms with E-state index in [1.165, 1.54) is 0 Å². The zero-order valence-electron chi connectivity index (χ0n) is 10.0. The molecule has 0 saturated heterocycles. The van der Waals surface area contributed by atoms with Crippen molar-refractivity contribution in [2.75, 3.05) is 0 Å². The molecule has 0 unspecified atom stereocenters. The largest absolute Gasteiger partial charge is 0.458 e. The predicted octanol–water partition coefficient (Wildman–Crippen LogP) is 1.40. The van der Waals surface area contributed by atoms with Gasteiger partial charge in [0.15, 0.2) is 0 Å². The summed E-state index contributed by atoms with van der Waals surface area (Å²) in [5, 5.41) is 18.3. The lowest BCUT2D eigenvalue weighted by Crippen LogP contribution is -2.60. The Kier molecular flexibility index (Phi) is 4.54. The first-order valence-corrected chi connectivity index (χ1v) is 5.38. The maximum absolute atomic E-state index is 12.6. The second kappa shape index (κ2) is 5.58. The van der Waals surface area contributed by atoms with Gasteiger partial charge in [-0.3, -0.25) is 0 Å². The van der Waals surface area contributed by atoms with E-state index in [-0.39, 0.29) is 0 Å². The van der Waals surface area contributed by atoms with Crippen molar-refractivity contribution in [3.8, 4) is 0 Å². The second-order valence-corrected chi connectivity index (χ2v) is 4.00. The molecule has 0 radical (unpaired) electrons. The quantitative estimate of drug-likeness (QED) is 0.817. The number of rotatable bonds is 4. The third-order valence-corrected chi connectivity index (χ3v) is 2.56. The van der Waals surface area contributed by atoms with Crippen molar-refractivity contribution < 1.29 is 32.9 Å². The van der Waals surface area contributed by atoms with Crippen LogP contribution in [0.2, 0.25) is 0 Å². The highest BCUT2D eigenvalue weighted by Gasteiger charge is 2.64. The first-order chi connectivity index (χ1) is 8.69. The number of alkyl halides is 3. The van der Waals surface area contributed by atoms with Crippen molar-refractivity contribution in [1.82, 2.24) is 0 Å². The van der Waals surface area contributed by atoms with Gasteiger partial charge < -0.3 is 14.9 Å². The molecule has 0 aromatic heterocycles. The molecule has 0 heterocycles. The lowest BCUT2D eigenvalue weighted by molar-refractivity contribution is -0.285. The molecule has 0 amide bonds. The fraction of sp³-hybridized carbons (Fsp3) is 0.417. The molecule has 2 N–H and O–H groups in total. The molecule has 2 atom stereocenters. The van der Waals surface area contributed by atoms with Gasteiger partial charge in [-0.1, -0.05) is 30.3 Å². The van der Waals surface area contributed by atoms with Gasteiger partial charge >= 0.3 is 12.1 Å². The van der Waals surface area contributed by atoms with Crippen LogP contribution in [0.5, 0.6) is 0 Å². The van der Waals surface area contributed by atoms with Crippen LogP contribution >= 0.6 is 0 Å². The van der Waals surface area contributed by atoms with Crippen LogP contribution < -0.4 is 0 Å². The van der Waals surface area contributed by atoms with Crippen LogP contribution in [0.1, 0.15) is 12.5 Å². The molecule has 0 spiro atoms. The molecular formula is C12H13F3O4. The van der Waals surface area contributed by atoms with E-state index in [9.17, 15) is 23.1 Å². The van der Waals surface area contributed by atoms with Crippen LogP contribution in [-0.4, -0.2) is 34.1 Å². The van der Waals surface area contributed by atoms with Crippen molar-refractivity contribution in [2.45, 2.75) is 31.4 Å². The SMILES string of the molecule is C[C@H](O)[C@](O)(C(=O)OCc1ccccc1)C(F)(F)F. The average molecular weight is 278 g/mol. The Morgan fingerprint density at radius 3 is 2.26 bits per heavy atom. The van der Waals surface area contributed by atoms with Crippen molar-refractivity contribution >= 4 is 5.97 Å². The number of aliphatic hydroxyl groups is 2. The number of carbonyl (C=O) groups excluding carboxylic acids is 1. The smallest absolute Gasteiger partial charge is 0.430 e. The number of benzene rings is 1. The van der Waals surface area contributed by atoms with E-state index in [1.54, 1.807) is 30.3 Å². The number of halogens is 3. The fourth-order valence-electron chi connectivity index (χ4n) is 1.36. The molecular weight excluding hydrogens is 265 g/mol. The zero-order chi connectivity index (χ0) is 14.7. The summed E-state index contributed by atoms with van der Waals surface area (Å²) in [6, 6.07) is 8.01. The molecule has 4 nitrogen and oxygen atoms in total. The summed E-state index contributed by atoms with van der Waals surface area (Å²) >= 11 is 0. The Bertz CT molecular complexity index is 430. The van der Waals surface area contributed by atoms with Gasteiger partial charge in [0.2, 0.25) is 0 Å². The maximum atomic E-state index is 12.6. The van der Waals surface area contributed by atoms with Crippen LogP contribution in [-0.2, 0) is 16.1 Å². The van der Waals surface area contributed by atoms with Gasteiger partial charge in [-0.25, -0.2) is 4.79 Å². The highest BCUT2D eigenvalue weighted by molar-refractivity contribution is 5.81. The minimum Gasteiger partial charge on any atom is -0.458 e. The zero-order valence-corrected chi connectivity index (χ0v) is 10.0. The molecule has 106 valence electrons. The molecule has 1 rings (SSSR count). The maximum Gasteiger partial charge on any atom is 0.430 e. The predicted molar refractivity (Wildman–Crippen MR) is 58.9 cm³/mol. The van der Waals surface area contributed by atoms with Crippen LogP contribution in [0.4, 0.5) is 13.2 Å². The Balaban J connectivity index is 2.80. The molecule has 0 aliphatic heterocycles. The third kappa shape index (κ3) is 3.24. The Morgan fingerprint density at radius 1 is 1.32 bits per heavy atom. The third-order valence-electron chi connectivity index (χ3n) is 2.56. The molecule has 1 aromatic rings. The number of esters is 1. The van der Waals surface area contributed by atoms with Crippen LogP contribution in [0, 0.1) is 0 Å². The fourth-order valence-corrected chi connectivity index (χ4v) is 1.36. The molecule has 0 saturated carbocycles. The molecule has 0 bridgehead atoms. The van der Waals surface area contributed by atoms with E-state index in [2.05, 4.69) is 4.74 Å². The molecule has 1 aromatic carbocycles. The number of hydrogen-bond acceptors (Lipinski definition) is 4. The number of hydrogen-bond donors (Lipinski definition) is 2. The number of ether oxygens (including phenoxy) is 1. The van der Waals surface area contributed by atoms with Gasteiger partial charge in [-0.2, -0.15) is 13.2 Å². The van der Waals surface area contributed by atoms with Gasteiger partial charge in [0.1, 0.15) is 12.7 Å². The average Bonchev–Trinajstić information content (AvgIpc) is 2.34. The van der Waals surface area contributed by atoms with Crippen molar-refractivity contribution in [1.29, 1.82) is 0 Å². The van der Waals surface area contributed by atoms with Gasteiger partial charge in [0.25, 0.3) is 5.60 Å². The van der Waals surface area contributed by atoms with Crippen molar-refractivity contribution in [2.24, 2.45) is 0 Å². The van der Waals surface area contributed by atoms with Crippen molar-refractivity contribution in [3.05, 3.63) is 35.9 Å². The summed E-state index contributed by atoms with van der Waals surface area (Å²) in [6.07, 6.45) is -7.66. The minimum atomic E-state index is -5.32. The van der Waals surface area contributed by atoms with E-state index in [1.807, 2.05) is 0 Å². The van der Waals surface area contributed by atoms with Crippen LogP contribution in [0.25, 0.3) is 0 Å². The molecule has 19 heavy (non-hydrogen) atoms. The van der Waals surface area contributed by atoms with Crippen molar-refractivity contribution in [3.63, 3.8) is 0 Å². The molecule has 7 heteroatoms. The van der Waals surface area contributed by atoms with E-state index >= 15 is 0 Å². The van der Waals surface area contributed by atoms with Crippen LogP contribution in [0.15, 0.2) is 30.3 Å². The summed E-state index contributed by atoms with van der Waals surface area (Å²) in [6.45, 7) is 0.238. The van der Waals surface area contributed by atoms with E-state index < -0.39 is 30.5 Å². The monoisotopic (exact) mass is 278 g/mol. The lowest BCUT2D eigenvalue weighted by Gasteiger charge is -2.30. The van der Waals surface area contributed by atoms with Gasteiger partial charge in [0.05, 0.1) is 0 Å². The van der Waals surface area contributed by atoms with E-state index in [4.69, 9.17) is 5.11 Å². The first-order valence-electron chi connectivity index (χ1n) is 5.38. The summed E-state index contributed by atoms with van der Waals surface area (Å²) in [5.41, 5.74) is -3.46. The normalized spacial score (nSPS) is 16.5. The molecule has 0 fully saturated rings. The summed E-state index contributed by atoms with van der Waals surface area (Å²) < 4.78 is 42.3. The summed E-state index contributed by atoms with van der Waals surface area (Å²) in [4.78, 5) is 11.4. The topological polar surface area (TPSA) is 66.8 Å². The minimum absolute atomic E-state index is 0.426. The lowest BCUT2D eigenvalue weighted by atomic mass is 9.97. The standard InChI is InChI=1S/C12H13F3O4/c1-8(16)11(18,12(13,14)15)10(17)19-7-9-5-3-2-4-6-9/h2-6,8,16,18H,7H2,1H3/t8-,11-/m0/s1. The Labute approximate surface area is 107 Å². The summed E-state index contributed by atoms with van der Waals surface area (Å²) in [5.74, 6) is -1.93. The highest BCUT2D eigenvalue weighted by Crippen LogP contribution is 2.34. The van der Waals surface area contributed by atoms with Gasteiger partial charge in [-0.05, 0) is 12.5 Å². The highest BCUT2D eigenvalue weighted by atomic mass is 19.4. The Hall–Kier alpha value is -1.60. The summed E-state index contributed by atoms with van der Waals surface area (Å²) in [7, 11) is 0. The van der Waals surface area contributed by atoms with Gasteiger partial charge in [-0.15, -0.1) is 0 Å². The molecule has 0 aliphatic rings. The molecule has 0 aliphatic carbocycles. The number of carbonyl (C=O) groups is 1. The number of aliphatic hydroxyl groups excluding tert-OH is 1. The van der Waals surface area contributed by atoms with Gasteiger partial charge in [0, 0.05) is 0 Å². The second-order valence-electron chi connectivity index (χ2n) is 4.00.